The molecule has 0 aliphatic carbocycles. The van der Waals surface area contributed by atoms with E-state index in [1.807, 2.05) is 0 Å². The molecule has 0 aromatic heterocycles. The van der Waals surface area contributed by atoms with Crippen molar-refractivity contribution in [3.63, 3.8) is 0 Å². The van der Waals surface area contributed by atoms with Crippen molar-refractivity contribution in [1.29, 1.82) is 0 Å². The van der Waals surface area contributed by atoms with Gasteiger partial charge in [0.15, 0.2) is 0 Å². The fourth-order valence-corrected chi connectivity index (χ4v) is 2.05. The Morgan fingerprint density at radius 3 is 2.15 bits per heavy atom. The molecule has 3 amide bonds. The van der Waals surface area contributed by atoms with Crippen LogP contribution in [-0.2, 0) is 19.2 Å². The number of likely N-dealkylation sites (tertiary alicyclic amines) is 1. The van der Waals surface area contributed by atoms with Crippen LogP contribution in [0.3, 0.4) is 0 Å². The van der Waals surface area contributed by atoms with Gasteiger partial charge in [-0.1, -0.05) is 5.06 Å². The normalized spacial score (nSPS) is 20.2. The van der Waals surface area contributed by atoms with Gasteiger partial charge in [0.1, 0.15) is 6.10 Å². The molecular weight excluding hydrogens is 272 g/mol. The van der Waals surface area contributed by atoms with Crippen LogP contribution < -0.4 is 0 Å². The Labute approximate surface area is 114 Å². The van der Waals surface area contributed by atoms with E-state index in [1.54, 1.807) is 0 Å². The quantitative estimate of drug-likeness (QED) is 0.575. The van der Waals surface area contributed by atoms with Crippen molar-refractivity contribution in [3.05, 3.63) is 0 Å². The fraction of sp³-hybridized carbons (Fsp3) is 0.636. The van der Waals surface area contributed by atoms with Crippen molar-refractivity contribution in [2.75, 3.05) is 13.1 Å². The van der Waals surface area contributed by atoms with Crippen LogP contribution >= 0.6 is 0 Å². The van der Waals surface area contributed by atoms with E-state index < -0.39 is 30.2 Å². The summed E-state index contributed by atoms with van der Waals surface area (Å²) < 4.78 is 4.95. The molecule has 0 saturated carbocycles. The Hall–Kier alpha value is -2.32. The number of nitrogens with zero attached hydrogens (tertiary/aromatic N) is 2. The molecule has 20 heavy (non-hydrogen) atoms. The highest BCUT2D eigenvalue weighted by Gasteiger charge is 2.34. The van der Waals surface area contributed by atoms with E-state index in [9.17, 15) is 19.2 Å². The van der Waals surface area contributed by atoms with E-state index in [0.29, 0.717) is 17.9 Å². The Balaban J connectivity index is 1.77. The summed E-state index contributed by atoms with van der Waals surface area (Å²) in [6.45, 7) is 0.518. The Kier molecular flexibility index (Phi) is 4.06. The fourth-order valence-electron chi connectivity index (χ4n) is 2.05. The molecule has 9 nitrogen and oxygen atoms in total. The maximum atomic E-state index is 11.5. The van der Waals surface area contributed by atoms with Gasteiger partial charge < -0.3 is 14.7 Å². The maximum absolute atomic E-state index is 11.5. The summed E-state index contributed by atoms with van der Waals surface area (Å²) in [5.74, 6) is -1.15. The predicted octanol–water partition coefficient (Wildman–Crippen LogP) is 0.346. The number of carbonyl (C=O) groups excluding carboxylic acids is 3. The molecule has 0 aromatic carbocycles. The van der Waals surface area contributed by atoms with Gasteiger partial charge in [0.25, 0.3) is 11.8 Å². The minimum Gasteiger partial charge on any atom is -0.465 e. The number of imide groups is 1. The number of hydrogen-bond acceptors (Lipinski definition) is 6. The van der Waals surface area contributed by atoms with Gasteiger partial charge in [-0.05, 0) is 0 Å². The second-order valence-electron chi connectivity index (χ2n) is 4.51. The Morgan fingerprint density at radius 2 is 1.65 bits per heavy atom. The lowest BCUT2D eigenvalue weighted by molar-refractivity contribution is -0.179. The molecule has 2 heterocycles. The molecule has 0 spiro atoms. The van der Waals surface area contributed by atoms with Crippen LogP contribution in [0.25, 0.3) is 0 Å². The molecule has 2 aliphatic heterocycles. The molecular formula is C11H14N2O7. The van der Waals surface area contributed by atoms with E-state index >= 15 is 0 Å². The highest BCUT2D eigenvalue weighted by molar-refractivity contribution is 6.01. The van der Waals surface area contributed by atoms with Crippen molar-refractivity contribution < 1.29 is 33.9 Å². The van der Waals surface area contributed by atoms with E-state index in [4.69, 9.17) is 9.84 Å². The van der Waals surface area contributed by atoms with Gasteiger partial charge >= 0.3 is 12.2 Å². The zero-order valence-corrected chi connectivity index (χ0v) is 10.6. The van der Waals surface area contributed by atoms with Gasteiger partial charge in [0.2, 0.25) is 0 Å². The van der Waals surface area contributed by atoms with Gasteiger partial charge in [-0.3, -0.25) is 14.4 Å². The van der Waals surface area contributed by atoms with Crippen molar-refractivity contribution >= 4 is 24.1 Å². The van der Waals surface area contributed by atoms with E-state index in [0.717, 1.165) is 0 Å². The predicted molar refractivity (Wildman–Crippen MR) is 61.3 cm³/mol. The minimum absolute atomic E-state index is 0.0170. The number of carboxylic acid groups (broad SMARTS) is 1. The number of hydroxylamine groups is 2. The van der Waals surface area contributed by atoms with Crippen molar-refractivity contribution in [3.8, 4) is 0 Å². The van der Waals surface area contributed by atoms with E-state index in [1.165, 1.54) is 4.90 Å². The molecule has 0 unspecified atom stereocenters. The number of piperidine rings is 1. The van der Waals surface area contributed by atoms with Crippen molar-refractivity contribution in [2.45, 2.75) is 31.8 Å². The number of ether oxygens (including phenoxy) is 1. The van der Waals surface area contributed by atoms with Crippen LogP contribution in [0.5, 0.6) is 0 Å². The third-order valence-corrected chi connectivity index (χ3v) is 3.15. The molecule has 2 aliphatic rings. The molecule has 2 saturated heterocycles. The lowest BCUT2D eigenvalue weighted by atomic mass is 10.1. The molecule has 0 radical (unpaired) electrons. The van der Waals surface area contributed by atoms with Gasteiger partial charge in [0.05, 0.1) is 0 Å². The monoisotopic (exact) mass is 286 g/mol. The molecule has 0 aromatic rings. The first-order valence-electron chi connectivity index (χ1n) is 6.19. The smallest absolute Gasteiger partial charge is 0.465 e. The second-order valence-corrected chi connectivity index (χ2v) is 4.51. The lowest BCUT2D eigenvalue weighted by Crippen LogP contribution is -2.41. The SMILES string of the molecule is O=C(OC1CCN(C(=O)O)CC1)ON1C(=O)CCC1=O. The zero-order chi connectivity index (χ0) is 14.7. The summed E-state index contributed by atoms with van der Waals surface area (Å²) in [6.07, 6.45) is -1.88. The molecule has 110 valence electrons. The maximum Gasteiger partial charge on any atom is 0.534 e. The first-order valence-corrected chi connectivity index (χ1v) is 6.19. The third-order valence-electron chi connectivity index (χ3n) is 3.15. The highest BCUT2D eigenvalue weighted by atomic mass is 16.8. The summed E-state index contributed by atoms with van der Waals surface area (Å²) in [4.78, 5) is 50.4. The first-order chi connectivity index (χ1) is 9.47. The van der Waals surface area contributed by atoms with Crippen LogP contribution in [-0.4, -0.2) is 58.3 Å². The first kappa shape index (κ1) is 14.1. The number of carbonyl (C=O) groups is 4. The molecule has 2 rings (SSSR count). The van der Waals surface area contributed by atoms with Gasteiger partial charge in [0, 0.05) is 38.8 Å². The molecule has 2 fully saturated rings. The van der Waals surface area contributed by atoms with Gasteiger partial charge in [-0.25, -0.2) is 9.59 Å². The number of hydrogen-bond donors (Lipinski definition) is 1. The Bertz CT molecular complexity index is 426. The van der Waals surface area contributed by atoms with Gasteiger partial charge in [-0.2, -0.15) is 0 Å². The zero-order valence-electron chi connectivity index (χ0n) is 10.6. The molecule has 0 bridgehead atoms. The summed E-state index contributed by atoms with van der Waals surface area (Å²) in [6, 6.07) is 0. The average Bonchev–Trinajstić information content (AvgIpc) is 2.71. The van der Waals surface area contributed by atoms with E-state index in [-0.39, 0.29) is 25.9 Å². The summed E-state index contributed by atoms with van der Waals surface area (Å²) in [7, 11) is 0. The molecule has 1 N–H and O–H groups in total. The third kappa shape index (κ3) is 3.16. The van der Waals surface area contributed by atoms with Crippen molar-refractivity contribution in [1.82, 2.24) is 9.96 Å². The minimum atomic E-state index is -1.12. The van der Waals surface area contributed by atoms with Crippen molar-refractivity contribution in [2.24, 2.45) is 0 Å². The van der Waals surface area contributed by atoms with Crippen LogP contribution in [0.4, 0.5) is 9.59 Å². The largest absolute Gasteiger partial charge is 0.534 e. The summed E-state index contributed by atoms with van der Waals surface area (Å²) >= 11 is 0. The standard InChI is InChI=1S/C11H14N2O7/c14-8-1-2-9(15)13(8)20-11(18)19-7-3-5-12(6-4-7)10(16)17/h7H,1-6H2,(H,16,17). The topological polar surface area (TPSA) is 113 Å². The number of rotatable bonds is 2. The lowest BCUT2D eigenvalue weighted by Gasteiger charge is -2.29. The van der Waals surface area contributed by atoms with Crippen LogP contribution in [0.1, 0.15) is 25.7 Å². The summed E-state index contributed by atoms with van der Waals surface area (Å²) in [5.41, 5.74) is 0. The van der Waals surface area contributed by atoms with Crippen LogP contribution in [0, 0.1) is 0 Å². The van der Waals surface area contributed by atoms with Crippen LogP contribution in [0.15, 0.2) is 0 Å². The van der Waals surface area contributed by atoms with E-state index in [2.05, 4.69) is 4.84 Å². The number of amides is 3. The average molecular weight is 286 g/mol. The Morgan fingerprint density at radius 1 is 1.10 bits per heavy atom. The van der Waals surface area contributed by atoms with Gasteiger partial charge in [-0.15, -0.1) is 0 Å². The second kappa shape index (κ2) is 5.76. The van der Waals surface area contributed by atoms with Crippen LogP contribution in [0.2, 0.25) is 0 Å². The molecule has 9 heteroatoms. The highest BCUT2D eigenvalue weighted by Crippen LogP contribution is 2.17. The summed E-state index contributed by atoms with van der Waals surface area (Å²) in [5, 5.41) is 9.18. The molecule has 0 atom stereocenters.